The van der Waals surface area contributed by atoms with Gasteiger partial charge in [0.1, 0.15) is 28.0 Å². The lowest BCUT2D eigenvalue weighted by Crippen LogP contribution is -1.91. The zero-order valence-electron chi connectivity index (χ0n) is 16.2. The van der Waals surface area contributed by atoms with E-state index in [1.54, 1.807) is 0 Å². The Bertz CT molecular complexity index is 2010. The number of pyridine rings is 2. The van der Waals surface area contributed by atoms with Crippen LogP contribution in [-0.4, -0.2) is 14.4 Å². The molecule has 0 unspecified atom stereocenters. The topological polar surface area (TPSA) is 56.5 Å². The molecule has 0 aliphatic carbocycles. The highest BCUT2D eigenvalue weighted by atomic mass is 16.3. The SMILES string of the molecule is c1ccc2c(c1)oc1cc3oc4cc5c6cnccc6c6nccn6c5cc4c3cc12. The van der Waals surface area contributed by atoms with Gasteiger partial charge in [-0.2, -0.15) is 0 Å². The Labute approximate surface area is 174 Å². The van der Waals surface area contributed by atoms with Gasteiger partial charge < -0.3 is 8.83 Å². The van der Waals surface area contributed by atoms with E-state index in [2.05, 4.69) is 38.6 Å². The minimum atomic E-state index is 0.821. The molecule has 5 aromatic heterocycles. The van der Waals surface area contributed by atoms with Crippen molar-refractivity contribution in [3.63, 3.8) is 0 Å². The molecule has 0 aliphatic rings. The van der Waals surface area contributed by atoms with E-state index in [0.717, 1.165) is 71.2 Å². The van der Waals surface area contributed by atoms with Crippen LogP contribution in [0.3, 0.4) is 0 Å². The quantitative estimate of drug-likeness (QED) is 0.262. The van der Waals surface area contributed by atoms with Crippen LogP contribution in [-0.2, 0) is 0 Å². The monoisotopic (exact) mass is 399 g/mol. The van der Waals surface area contributed by atoms with E-state index in [0.29, 0.717) is 0 Å². The number of para-hydroxylation sites is 1. The third kappa shape index (κ3) is 1.86. The van der Waals surface area contributed by atoms with Gasteiger partial charge in [0, 0.05) is 68.6 Å². The first kappa shape index (κ1) is 15.5. The van der Waals surface area contributed by atoms with Crippen LogP contribution in [0.4, 0.5) is 0 Å². The van der Waals surface area contributed by atoms with Gasteiger partial charge in [-0.1, -0.05) is 18.2 Å². The van der Waals surface area contributed by atoms with Crippen LogP contribution in [0, 0.1) is 0 Å². The van der Waals surface area contributed by atoms with Crippen molar-refractivity contribution in [2.24, 2.45) is 0 Å². The second-order valence-corrected chi connectivity index (χ2v) is 7.95. The number of furan rings is 2. The van der Waals surface area contributed by atoms with Crippen molar-refractivity contribution in [3.05, 3.63) is 79.4 Å². The molecule has 3 aromatic carbocycles. The van der Waals surface area contributed by atoms with Crippen LogP contribution in [0.25, 0.3) is 71.2 Å². The fourth-order valence-corrected chi connectivity index (χ4v) is 4.95. The summed E-state index contributed by atoms with van der Waals surface area (Å²) < 4.78 is 14.5. The fraction of sp³-hybridized carbons (Fsp3) is 0. The van der Waals surface area contributed by atoms with Crippen molar-refractivity contribution in [1.82, 2.24) is 14.4 Å². The first-order valence-electron chi connectivity index (χ1n) is 10.2. The highest BCUT2D eigenvalue weighted by Crippen LogP contribution is 2.39. The van der Waals surface area contributed by atoms with Gasteiger partial charge in [-0.3, -0.25) is 9.38 Å². The molecule has 0 saturated carbocycles. The van der Waals surface area contributed by atoms with Crippen molar-refractivity contribution in [2.75, 3.05) is 0 Å². The Morgan fingerprint density at radius 2 is 1.42 bits per heavy atom. The van der Waals surface area contributed by atoms with Crippen molar-refractivity contribution in [2.45, 2.75) is 0 Å². The van der Waals surface area contributed by atoms with Crippen molar-refractivity contribution in [1.29, 1.82) is 0 Å². The summed E-state index contributed by atoms with van der Waals surface area (Å²) in [6.45, 7) is 0. The number of imidazole rings is 1. The average Bonchev–Trinajstić information content (AvgIpc) is 3.51. The molecule has 0 amide bonds. The second-order valence-electron chi connectivity index (χ2n) is 7.95. The molecule has 5 heterocycles. The zero-order valence-corrected chi connectivity index (χ0v) is 16.2. The molecule has 5 heteroatoms. The third-order valence-electron chi connectivity index (χ3n) is 6.34. The number of hydrogen-bond donors (Lipinski definition) is 0. The lowest BCUT2D eigenvalue weighted by Gasteiger charge is -2.07. The molecule has 0 aliphatic heterocycles. The summed E-state index contributed by atoms with van der Waals surface area (Å²) in [5.41, 5.74) is 5.41. The highest BCUT2D eigenvalue weighted by molar-refractivity contribution is 6.20. The summed E-state index contributed by atoms with van der Waals surface area (Å²) in [4.78, 5) is 8.95. The van der Waals surface area contributed by atoms with Gasteiger partial charge in [0.25, 0.3) is 0 Å². The van der Waals surface area contributed by atoms with Gasteiger partial charge in [0.05, 0.1) is 5.52 Å². The molecule has 0 radical (unpaired) electrons. The number of benzene rings is 3. The first-order valence-corrected chi connectivity index (χ1v) is 10.2. The van der Waals surface area contributed by atoms with Crippen molar-refractivity contribution < 1.29 is 8.83 Å². The Kier molecular flexibility index (Phi) is 2.60. The Balaban J connectivity index is 1.59. The summed E-state index contributed by atoms with van der Waals surface area (Å²) in [6, 6.07) is 18.6. The lowest BCUT2D eigenvalue weighted by atomic mass is 10.0. The minimum Gasteiger partial charge on any atom is -0.456 e. The predicted octanol–water partition coefficient (Wildman–Crippen LogP) is 6.83. The van der Waals surface area contributed by atoms with E-state index < -0.39 is 0 Å². The summed E-state index contributed by atoms with van der Waals surface area (Å²) in [5, 5.41) is 7.60. The molecule has 0 bridgehead atoms. The fourth-order valence-electron chi connectivity index (χ4n) is 4.95. The number of rotatable bonds is 0. The predicted molar refractivity (Wildman–Crippen MR) is 123 cm³/mol. The molecule has 0 fully saturated rings. The Morgan fingerprint density at radius 1 is 0.613 bits per heavy atom. The van der Waals surface area contributed by atoms with E-state index in [1.807, 2.05) is 55.1 Å². The lowest BCUT2D eigenvalue weighted by molar-refractivity contribution is 0.656. The molecule has 0 atom stereocenters. The van der Waals surface area contributed by atoms with Crippen LogP contribution in [0.1, 0.15) is 0 Å². The maximum Gasteiger partial charge on any atom is 0.145 e. The molecule has 8 aromatic rings. The van der Waals surface area contributed by atoms with Gasteiger partial charge in [-0.15, -0.1) is 0 Å². The summed E-state index contributed by atoms with van der Waals surface area (Å²) in [6.07, 6.45) is 7.56. The summed E-state index contributed by atoms with van der Waals surface area (Å²) in [7, 11) is 0. The van der Waals surface area contributed by atoms with Gasteiger partial charge in [0.15, 0.2) is 0 Å². The largest absolute Gasteiger partial charge is 0.456 e. The van der Waals surface area contributed by atoms with E-state index in [4.69, 9.17) is 8.83 Å². The van der Waals surface area contributed by atoms with Gasteiger partial charge >= 0.3 is 0 Å². The molecule has 0 saturated heterocycles. The van der Waals surface area contributed by atoms with Crippen LogP contribution in [0.15, 0.2) is 88.2 Å². The Hall–Kier alpha value is -4.38. The molecule has 144 valence electrons. The van der Waals surface area contributed by atoms with Crippen molar-refractivity contribution >= 4 is 71.2 Å². The van der Waals surface area contributed by atoms with Gasteiger partial charge in [0.2, 0.25) is 0 Å². The molecule has 0 N–H and O–H groups in total. The van der Waals surface area contributed by atoms with Gasteiger partial charge in [-0.05, 0) is 30.3 Å². The molecule has 5 nitrogen and oxygen atoms in total. The standard InChI is InChI=1S/C26H13N3O2/c1-2-4-22-14(3-1)17-9-18-19-10-21-16(11-23(19)31-25(18)12-24(17)30-22)20-13-27-6-5-15(20)26-28-7-8-29(21)26/h1-13H. The van der Waals surface area contributed by atoms with Crippen LogP contribution in [0.2, 0.25) is 0 Å². The van der Waals surface area contributed by atoms with Crippen molar-refractivity contribution in [3.8, 4) is 0 Å². The second kappa shape index (κ2) is 5.21. The number of aromatic nitrogens is 3. The van der Waals surface area contributed by atoms with Crippen LogP contribution < -0.4 is 0 Å². The zero-order chi connectivity index (χ0) is 20.1. The molecule has 31 heavy (non-hydrogen) atoms. The molecule has 8 rings (SSSR count). The highest BCUT2D eigenvalue weighted by Gasteiger charge is 2.16. The minimum absolute atomic E-state index is 0.821. The molecule has 0 spiro atoms. The first-order chi connectivity index (χ1) is 15.3. The third-order valence-corrected chi connectivity index (χ3v) is 6.34. The van der Waals surface area contributed by atoms with E-state index in [9.17, 15) is 0 Å². The number of hydrogen-bond acceptors (Lipinski definition) is 4. The van der Waals surface area contributed by atoms with Gasteiger partial charge in [-0.25, -0.2) is 4.98 Å². The maximum absolute atomic E-state index is 6.30. The van der Waals surface area contributed by atoms with Crippen LogP contribution in [0.5, 0.6) is 0 Å². The number of nitrogens with zero attached hydrogens (tertiary/aromatic N) is 3. The Morgan fingerprint density at radius 3 is 2.39 bits per heavy atom. The smallest absolute Gasteiger partial charge is 0.145 e. The van der Waals surface area contributed by atoms with E-state index >= 15 is 0 Å². The number of fused-ring (bicyclic) bond motifs is 12. The summed E-state index contributed by atoms with van der Waals surface area (Å²) in [5.74, 6) is 0. The van der Waals surface area contributed by atoms with E-state index in [1.165, 1.54) is 0 Å². The summed E-state index contributed by atoms with van der Waals surface area (Å²) >= 11 is 0. The maximum atomic E-state index is 6.30. The molecular formula is C26H13N3O2. The normalized spacial score (nSPS) is 12.5. The van der Waals surface area contributed by atoms with Crippen LogP contribution >= 0.6 is 0 Å². The van der Waals surface area contributed by atoms with E-state index in [-0.39, 0.29) is 0 Å². The average molecular weight is 399 g/mol. The molecular weight excluding hydrogens is 386 g/mol.